The number of nitro benzene ring substituents is 1. The molecule has 0 aliphatic carbocycles. The number of likely N-dealkylation sites (N-methyl/N-ethyl adjacent to an activating group) is 1. The van der Waals surface area contributed by atoms with Gasteiger partial charge in [-0.2, -0.15) is 0 Å². The van der Waals surface area contributed by atoms with Gasteiger partial charge in [-0.05, 0) is 37.1 Å². The second-order valence-corrected chi connectivity index (χ2v) is 6.06. The van der Waals surface area contributed by atoms with E-state index in [0.29, 0.717) is 5.69 Å². The molecule has 8 heteroatoms. The van der Waals surface area contributed by atoms with Gasteiger partial charge in [-0.25, -0.2) is 0 Å². The number of nitrogens with one attached hydrogen (secondary N) is 1. The number of nitrogens with zero attached hydrogens (tertiary/aromatic N) is 2. The van der Waals surface area contributed by atoms with Gasteiger partial charge in [0.25, 0.3) is 5.91 Å². The Kier molecular flexibility index (Phi) is 6.48. The molecule has 8 nitrogen and oxygen atoms in total. The Balaban J connectivity index is 1.91. The largest absolute Gasteiger partial charge is 0.477 e. The summed E-state index contributed by atoms with van der Waals surface area (Å²) in [5, 5.41) is 13.7. The zero-order chi connectivity index (χ0) is 20.0. The molecule has 27 heavy (non-hydrogen) atoms. The molecule has 0 bridgehead atoms. The van der Waals surface area contributed by atoms with Gasteiger partial charge >= 0.3 is 5.69 Å². The fraction of sp³-hybridized carbons (Fsp3) is 0.263. The lowest BCUT2D eigenvalue weighted by atomic mass is 10.1. The minimum Gasteiger partial charge on any atom is -0.477 e. The molecule has 142 valence electrons. The van der Waals surface area contributed by atoms with Crippen LogP contribution in [-0.2, 0) is 9.59 Å². The Hall–Kier alpha value is -3.42. The first kappa shape index (κ1) is 19.9. The van der Waals surface area contributed by atoms with Crippen LogP contribution in [0, 0.1) is 24.0 Å². The number of para-hydroxylation sites is 2. The first-order valence-corrected chi connectivity index (χ1v) is 8.26. The van der Waals surface area contributed by atoms with E-state index in [4.69, 9.17) is 4.74 Å². The lowest BCUT2D eigenvalue weighted by Crippen LogP contribution is -2.37. The minimum absolute atomic E-state index is 0.00378. The highest BCUT2D eigenvalue weighted by molar-refractivity contribution is 5.95. The summed E-state index contributed by atoms with van der Waals surface area (Å²) in [7, 11) is 1.47. The maximum absolute atomic E-state index is 12.2. The smallest absolute Gasteiger partial charge is 0.310 e. The van der Waals surface area contributed by atoms with Gasteiger partial charge in [0.05, 0.1) is 11.5 Å². The molecule has 2 amide bonds. The predicted octanol–water partition coefficient (Wildman–Crippen LogP) is 2.69. The lowest BCUT2D eigenvalue weighted by Gasteiger charge is -2.18. The van der Waals surface area contributed by atoms with Gasteiger partial charge in [0.15, 0.2) is 12.4 Å². The molecular formula is C19H21N3O5. The number of hydrogen-bond acceptors (Lipinski definition) is 5. The number of amides is 2. The average Bonchev–Trinajstić information content (AvgIpc) is 2.63. The summed E-state index contributed by atoms with van der Waals surface area (Å²) in [4.78, 5) is 35.9. The second-order valence-electron chi connectivity index (χ2n) is 6.06. The summed E-state index contributed by atoms with van der Waals surface area (Å²) >= 11 is 0. The maximum Gasteiger partial charge on any atom is 0.310 e. The number of carbonyl (C=O) groups is 2. The van der Waals surface area contributed by atoms with E-state index in [-0.39, 0.29) is 23.9 Å². The van der Waals surface area contributed by atoms with Gasteiger partial charge in [0, 0.05) is 18.8 Å². The van der Waals surface area contributed by atoms with Crippen molar-refractivity contribution in [1.29, 1.82) is 0 Å². The molecule has 1 N–H and O–H groups in total. The van der Waals surface area contributed by atoms with Crippen LogP contribution in [0.3, 0.4) is 0 Å². The minimum atomic E-state index is -0.582. The topological polar surface area (TPSA) is 102 Å². The van der Waals surface area contributed by atoms with Crippen molar-refractivity contribution in [1.82, 2.24) is 4.90 Å². The fourth-order valence-electron chi connectivity index (χ4n) is 2.36. The van der Waals surface area contributed by atoms with Crippen molar-refractivity contribution in [3.63, 3.8) is 0 Å². The van der Waals surface area contributed by atoms with Crippen molar-refractivity contribution in [2.24, 2.45) is 0 Å². The number of benzene rings is 2. The first-order chi connectivity index (χ1) is 12.8. The molecule has 0 aliphatic rings. The summed E-state index contributed by atoms with van der Waals surface area (Å²) in [6.07, 6.45) is 0. The quantitative estimate of drug-likeness (QED) is 0.595. The molecule has 2 rings (SSSR count). The molecule has 0 aromatic heterocycles. The van der Waals surface area contributed by atoms with Crippen LogP contribution in [0.5, 0.6) is 5.75 Å². The van der Waals surface area contributed by atoms with E-state index >= 15 is 0 Å². The summed E-state index contributed by atoms with van der Waals surface area (Å²) in [5.41, 5.74) is 2.48. The summed E-state index contributed by atoms with van der Waals surface area (Å²) in [5.74, 6) is -0.807. The fourth-order valence-corrected chi connectivity index (χ4v) is 2.36. The summed E-state index contributed by atoms with van der Waals surface area (Å²) in [6.45, 7) is 3.28. The Labute approximate surface area is 156 Å². The Bertz CT molecular complexity index is 866. The number of hydrogen-bond donors (Lipinski definition) is 1. The van der Waals surface area contributed by atoms with Crippen LogP contribution in [0.15, 0.2) is 42.5 Å². The van der Waals surface area contributed by atoms with Crippen molar-refractivity contribution in [3.8, 4) is 5.75 Å². The standard InChI is InChI=1S/C19H21N3O5/c1-13-7-6-8-15(14(13)2)20-18(23)11-21(3)19(24)12-27-17-10-5-4-9-16(17)22(25)26/h4-10H,11-12H2,1-3H3,(H,20,23). The van der Waals surface area contributed by atoms with Crippen LogP contribution in [0.25, 0.3) is 0 Å². The first-order valence-electron chi connectivity index (χ1n) is 8.26. The van der Waals surface area contributed by atoms with Crippen molar-refractivity contribution >= 4 is 23.2 Å². The SMILES string of the molecule is Cc1cccc(NC(=O)CN(C)C(=O)COc2ccccc2[N+](=O)[O-])c1C. The van der Waals surface area contributed by atoms with Gasteiger partial charge in [0.2, 0.25) is 5.91 Å². The van der Waals surface area contributed by atoms with E-state index < -0.39 is 17.4 Å². The zero-order valence-corrected chi connectivity index (χ0v) is 15.4. The van der Waals surface area contributed by atoms with Crippen LogP contribution in [-0.4, -0.2) is 41.8 Å². The Morgan fingerprint density at radius 3 is 2.56 bits per heavy atom. The maximum atomic E-state index is 12.2. The number of anilines is 1. The molecule has 0 radical (unpaired) electrons. The average molecular weight is 371 g/mol. The number of rotatable bonds is 7. The van der Waals surface area contributed by atoms with Crippen LogP contribution < -0.4 is 10.1 Å². The number of carbonyl (C=O) groups excluding carboxylic acids is 2. The highest BCUT2D eigenvalue weighted by atomic mass is 16.6. The van der Waals surface area contributed by atoms with E-state index in [9.17, 15) is 19.7 Å². The van der Waals surface area contributed by atoms with Crippen LogP contribution >= 0.6 is 0 Å². The van der Waals surface area contributed by atoms with Crippen molar-refractivity contribution in [3.05, 3.63) is 63.7 Å². The molecule has 2 aromatic rings. The Morgan fingerprint density at radius 1 is 1.15 bits per heavy atom. The van der Waals surface area contributed by atoms with E-state index in [0.717, 1.165) is 11.1 Å². The number of nitro groups is 1. The molecule has 0 saturated carbocycles. The summed E-state index contributed by atoms with van der Waals surface area (Å²) in [6, 6.07) is 11.4. The number of aryl methyl sites for hydroxylation is 1. The van der Waals surface area contributed by atoms with Crippen LogP contribution in [0.2, 0.25) is 0 Å². The lowest BCUT2D eigenvalue weighted by molar-refractivity contribution is -0.385. The predicted molar refractivity (Wildman–Crippen MR) is 101 cm³/mol. The van der Waals surface area contributed by atoms with Crippen LogP contribution in [0.1, 0.15) is 11.1 Å². The van der Waals surface area contributed by atoms with Gasteiger partial charge in [0.1, 0.15) is 0 Å². The van der Waals surface area contributed by atoms with Crippen molar-refractivity contribution in [2.75, 3.05) is 25.5 Å². The molecule has 0 heterocycles. The molecule has 0 unspecified atom stereocenters. The zero-order valence-electron chi connectivity index (χ0n) is 15.4. The third-order valence-electron chi connectivity index (χ3n) is 4.10. The van der Waals surface area contributed by atoms with Gasteiger partial charge in [-0.15, -0.1) is 0 Å². The molecule has 0 atom stereocenters. The van der Waals surface area contributed by atoms with Crippen molar-refractivity contribution in [2.45, 2.75) is 13.8 Å². The van der Waals surface area contributed by atoms with E-state index in [1.165, 1.54) is 30.1 Å². The monoisotopic (exact) mass is 371 g/mol. The molecule has 2 aromatic carbocycles. The van der Waals surface area contributed by atoms with E-state index in [1.54, 1.807) is 12.1 Å². The third kappa shape index (κ3) is 5.27. The molecular weight excluding hydrogens is 350 g/mol. The van der Waals surface area contributed by atoms with E-state index in [2.05, 4.69) is 5.32 Å². The van der Waals surface area contributed by atoms with Crippen molar-refractivity contribution < 1.29 is 19.2 Å². The highest BCUT2D eigenvalue weighted by Gasteiger charge is 2.18. The molecule has 0 saturated heterocycles. The molecule has 0 fully saturated rings. The second kappa shape index (κ2) is 8.79. The molecule has 0 aliphatic heterocycles. The van der Waals surface area contributed by atoms with Gasteiger partial charge < -0.3 is 15.0 Å². The van der Waals surface area contributed by atoms with Crippen LogP contribution in [0.4, 0.5) is 11.4 Å². The normalized spacial score (nSPS) is 10.2. The van der Waals surface area contributed by atoms with Gasteiger partial charge in [-0.1, -0.05) is 24.3 Å². The highest BCUT2D eigenvalue weighted by Crippen LogP contribution is 2.25. The van der Waals surface area contributed by atoms with E-state index in [1.807, 2.05) is 26.0 Å². The number of ether oxygens (including phenoxy) is 1. The molecule has 0 spiro atoms. The third-order valence-corrected chi connectivity index (χ3v) is 4.10. The Morgan fingerprint density at radius 2 is 1.85 bits per heavy atom. The van der Waals surface area contributed by atoms with Gasteiger partial charge in [-0.3, -0.25) is 19.7 Å². The summed E-state index contributed by atoms with van der Waals surface area (Å²) < 4.78 is 5.25.